The van der Waals surface area contributed by atoms with Gasteiger partial charge in [-0.3, -0.25) is 9.59 Å². The molecular formula is C26H29N3O5S2. The molecule has 2 aliphatic rings. The van der Waals surface area contributed by atoms with Crippen molar-refractivity contribution in [3.05, 3.63) is 53.4 Å². The molecule has 1 N–H and O–H groups in total. The van der Waals surface area contributed by atoms with Crippen LogP contribution in [0.5, 0.6) is 0 Å². The van der Waals surface area contributed by atoms with Gasteiger partial charge in [0.2, 0.25) is 5.91 Å². The summed E-state index contributed by atoms with van der Waals surface area (Å²) in [5.74, 6) is -0.423. The van der Waals surface area contributed by atoms with Gasteiger partial charge in [0, 0.05) is 42.2 Å². The van der Waals surface area contributed by atoms with Crippen molar-refractivity contribution < 1.29 is 22.7 Å². The summed E-state index contributed by atoms with van der Waals surface area (Å²) in [6.45, 7) is 2.81. The van der Waals surface area contributed by atoms with E-state index in [2.05, 4.69) is 5.32 Å². The van der Waals surface area contributed by atoms with Gasteiger partial charge >= 0.3 is 0 Å². The Kier molecular flexibility index (Phi) is 6.86. The number of methoxy groups -OCH3 is 1. The van der Waals surface area contributed by atoms with E-state index in [0.29, 0.717) is 37.2 Å². The van der Waals surface area contributed by atoms with Gasteiger partial charge in [-0.2, -0.15) is 4.31 Å². The maximum atomic E-state index is 13.5. The number of sulfonamides is 1. The second kappa shape index (κ2) is 9.93. The Morgan fingerprint density at radius 1 is 1.19 bits per heavy atom. The highest BCUT2D eigenvalue weighted by Crippen LogP contribution is 2.41. The number of hydrogen-bond donors (Lipinski definition) is 1. The molecule has 10 heteroatoms. The third kappa shape index (κ3) is 4.32. The number of amides is 2. The highest BCUT2D eigenvalue weighted by Gasteiger charge is 2.38. The standard InChI is InChI=1S/C26H29N3O5S2/c1-17(34-2)13-15-28-21-12-11-20(18-7-5-8-19(24(18)21)26(28)31)27-25(30)22-9-3-4-14-29(22)36(32,33)23-10-6-16-35-23/h5-8,10-12,16-17,22H,3-4,9,13-15H2,1-2H3,(H,27,30). The molecule has 3 aromatic rings. The smallest absolute Gasteiger partial charge is 0.258 e. The van der Waals surface area contributed by atoms with Gasteiger partial charge in [-0.1, -0.05) is 24.6 Å². The molecule has 36 heavy (non-hydrogen) atoms. The monoisotopic (exact) mass is 527 g/mol. The average Bonchev–Trinajstić information content (AvgIpc) is 3.53. The molecule has 2 aliphatic heterocycles. The van der Waals surface area contributed by atoms with Crippen LogP contribution in [-0.4, -0.2) is 56.9 Å². The van der Waals surface area contributed by atoms with Gasteiger partial charge in [0.25, 0.3) is 15.9 Å². The van der Waals surface area contributed by atoms with Crippen molar-refractivity contribution in [2.24, 2.45) is 0 Å². The second-order valence-corrected chi connectivity index (χ2v) is 12.3. The Morgan fingerprint density at radius 2 is 2.03 bits per heavy atom. The molecule has 2 aromatic carbocycles. The number of anilines is 2. The maximum Gasteiger partial charge on any atom is 0.258 e. The topological polar surface area (TPSA) is 96.0 Å². The highest BCUT2D eigenvalue weighted by atomic mass is 32.2. The number of ether oxygens (including phenoxy) is 1. The van der Waals surface area contributed by atoms with Gasteiger partial charge in [-0.05, 0) is 55.8 Å². The summed E-state index contributed by atoms with van der Waals surface area (Å²) >= 11 is 1.15. The fraction of sp³-hybridized carbons (Fsp3) is 0.385. The summed E-state index contributed by atoms with van der Waals surface area (Å²) in [7, 11) is -2.10. The minimum Gasteiger partial charge on any atom is -0.382 e. The Hall–Kier alpha value is -2.79. The third-order valence-corrected chi connectivity index (χ3v) is 10.3. The zero-order valence-corrected chi connectivity index (χ0v) is 21.9. The van der Waals surface area contributed by atoms with Crippen LogP contribution in [0.3, 0.4) is 0 Å². The number of nitrogens with one attached hydrogen (secondary N) is 1. The predicted octanol–water partition coefficient (Wildman–Crippen LogP) is 4.47. The fourth-order valence-electron chi connectivity index (χ4n) is 5.00. The van der Waals surface area contributed by atoms with Crippen LogP contribution in [0.1, 0.15) is 43.0 Å². The lowest BCUT2D eigenvalue weighted by Crippen LogP contribution is -2.49. The lowest BCUT2D eigenvalue weighted by atomic mass is 10.0. The van der Waals surface area contributed by atoms with Crippen LogP contribution in [0.2, 0.25) is 0 Å². The third-order valence-electron chi connectivity index (χ3n) is 7.02. The number of piperidine rings is 1. The highest BCUT2D eigenvalue weighted by molar-refractivity contribution is 7.91. The Bertz CT molecular complexity index is 1400. The van der Waals surface area contributed by atoms with E-state index in [1.807, 2.05) is 25.1 Å². The molecule has 190 valence electrons. The van der Waals surface area contributed by atoms with E-state index in [1.54, 1.807) is 41.7 Å². The Labute approximate surface area is 214 Å². The van der Waals surface area contributed by atoms with Gasteiger partial charge < -0.3 is 15.0 Å². The molecule has 0 aliphatic carbocycles. The second-order valence-electron chi connectivity index (χ2n) is 9.20. The van der Waals surface area contributed by atoms with E-state index in [-0.39, 0.29) is 22.1 Å². The first-order valence-corrected chi connectivity index (χ1v) is 14.4. The largest absolute Gasteiger partial charge is 0.382 e. The summed E-state index contributed by atoms with van der Waals surface area (Å²) in [6.07, 6.45) is 2.68. The van der Waals surface area contributed by atoms with E-state index >= 15 is 0 Å². The molecule has 0 spiro atoms. The number of thiophene rings is 1. The van der Waals surface area contributed by atoms with E-state index in [9.17, 15) is 18.0 Å². The molecule has 2 atom stereocenters. The SMILES string of the molecule is COC(C)CCN1C(=O)c2cccc3c(NC(=O)C4CCCCN4S(=O)(=O)c4cccs4)ccc1c23. The summed E-state index contributed by atoms with van der Waals surface area (Å²) in [5, 5.41) is 6.27. The summed E-state index contributed by atoms with van der Waals surface area (Å²) in [5.41, 5.74) is 1.98. The molecule has 2 amide bonds. The first-order chi connectivity index (χ1) is 17.3. The number of hydrogen-bond acceptors (Lipinski definition) is 6. The van der Waals surface area contributed by atoms with Crippen LogP contribution in [-0.2, 0) is 19.6 Å². The summed E-state index contributed by atoms with van der Waals surface area (Å²) < 4.78 is 33.4. The van der Waals surface area contributed by atoms with Gasteiger partial charge in [0.1, 0.15) is 10.3 Å². The zero-order valence-electron chi connectivity index (χ0n) is 20.3. The first kappa shape index (κ1) is 24.9. The maximum absolute atomic E-state index is 13.5. The van der Waals surface area contributed by atoms with Crippen LogP contribution in [0.15, 0.2) is 52.1 Å². The van der Waals surface area contributed by atoms with Gasteiger partial charge in [0.15, 0.2) is 0 Å². The van der Waals surface area contributed by atoms with Crippen LogP contribution in [0.4, 0.5) is 11.4 Å². The summed E-state index contributed by atoms with van der Waals surface area (Å²) in [6, 6.07) is 11.6. The molecule has 2 unspecified atom stereocenters. The molecule has 0 radical (unpaired) electrons. The lowest BCUT2D eigenvalue weighted by molar-refractivity contribution is -0.120. The number of carbonyl (C=O) groups is 2. The molecule has 1 fully saturated rings. The van der Waals surface area contributed by atoms with Crippen molar-refractivity contribution in [3.8, 4) is 0 Å². The quantitative estimate of drug-likeness (QED) is 0.466. The predicted molar refractivity (Wildman–Crippen MR) is 141 cm³/mol. The van der Waals surface area contributed by atoms with Crippen LogP contribution in [0, 0.1) is 0 Å². The zero-order chi connectivity index (χ0) is 25.4. The molecular weight excluding hydrogens is 498 g/mol. The number of benzene rings is 2. The van der Waals surface area contributed by atoms with Crippen molar-refractivity contribution in [1.82, 2.24) is 4.31 Å². The van der Waals surface area contributed by atoms with Gasteiger partial charge in [-0.15, -0.1) is 11.3 Å². The van der Waals surface area contributed by atoms with E-state index in [4.69, 9.17) is 4.74 Å². The van der Waals surface area contributed by atoms with Crippen LogP contribution >= 0.6 is 11.3 Å². The van der Waals surface area contributed by atoms with Crippen LogP contribution < -0.4 is 10.2 Å². The van der Waals surface area contributed by atoms with Crippen LogP contribution in [0.25, 0.3) is 10.8 Å². The van der Waals surface area contributed by atoms with E-state index in [1.165, 1.54) is 4.31 Å². The van der Waals surface area contributed by atoms with Gasteiger partial charge in [-0.25, -0.2) is 8.42 Å². The van der Waals surface area contributed by atoms with Crippen molar-refractivity contribution in [3.63, 3.8) is 0 Å². The first-order valence-electron chi connectivity index (χ1n) is 12.1. The van der Waals surface area contributed by atoms with Crippen molar-refractivity contribution in [1.29, 1.82) is 0 Å². The average molecular weight is 528 g/mol. The molecule has 1 aromatic heterocycles. The van der Waals surface area contributed by atoms with Crippen molar-refractivity contribution in [2.75, 3.05) is 30.4 Å². The number of carbonyl (C=O) groups excluding carboxylic acids is 2. The summed E-state index contributed by atoms with van der Waals surface area (Å²) in [4.78, 5) is 28.4. The van der Waals surface area contributed by atoms with Crippen molar-refractivity contribution in [2.45, 2.75) is 49.0 Å². The Balaban J connectivity index is 1.44. The number of nitrogens with zero attached hydrogens (tertiary/aromatic N) is 2. The molecule has 0 bridgehead atoms. The molecule has 5 rings (SSSR count). The Morgan fingerprint density at radius 3 is 2.78 bits per heavy atom. The normalized spacial score (nSPS) is 19.1. The number of rotatable bonds is 8. The lowest BCUT2D eigenvalue weighted by Gasteiger charge is -2.33. The van der Waals surface area contributed by atoms with E-state index < -0.39 is 16.1 Å². The fourth-order valence-corrected chi connectivity index (χ4v) is 7.78. The molecule has 0 saturated carbocycles. The minimum atomic E-state index is -3.75. The van der Waals surface area contributed by atoms with Gasteiger partial charge in [0.05, 0.1) is 11.8 Å². The van der Waals surface area contributed by atoms with Crippen molar-refractivity contribution >= 4 is 55.3 Å². The molecule has 3 heterocycles. The molecule has 8 nitrogen and oxygen atoms in total. The minimum absolute atomic E-state index is 0.0273. The van der Waals surface area contributed by atoms with E-state index in [0.717, 1.165) is 40.6 Å². The molecule has 1 saturated heterocycles.